The highest BCUT2D eigenvalue weighted by atomic mass is 16.2. The number of nitrogens with zero attached hydrogens (tertiary/aromatic N) is 3. The van der Waals surface area contributed by atoms with E-state index in [0.717, 1.165) is 51.3 Å². The van der Waals surface area contributed by atoms with E-state index in [1.54, 1.807) is 12.4 Å². The maximum atomic E-state index is 12.8. The van der Waals surface area contributed by atoms with Crippen molar-refractivity contribution in [2.24, 2.45) is 0 Å². The Morgan fingerprint density at radius 2 is 1.72 bits per heavy atom. The number of rotatable bonds is 5. The topological polar surface area (TPSA) is 48.5 Å². The molecule has 132 valence electrons. The maximum Gasteiger partial charge on any atom is 0.244 e. The van der Waals surface area contributed by atoms with Crippen LogP contribution in [0.25, 0.3) is 0 Å². The predicted molar refractivity (Wildman–Crippen MR) is 100 cm³/mol. The van der Waals surface area contributed by atoms with Crippen LogP contribution in [-0.2, 0) is 11.3 Å². The molecular weight excluding hydrogens is 312 g/mol. The van der Waals surface area contributed by atoms with Crippen LogP contribution in [0.5, 0.6) is 0 Å². The molecule has 2 aromatic rings. The number of aromatic nitrogens is 1. The Kier molecular flexibility index (Phi) is 4.51. The van der Waals surface area contributed by atoms with E-state index in [-0.39, 0.29) is 12.9 Å². The van der Waals surface area contributed by atoms with Crippen molar-refractivity contribution in [2.75, 3.05) is 31.5 Å². The van der Waals surface area contributed by atoms with Gasteiger partial charge in [-0.1, -0.05) is 30.3 Å². The quantitative estimate of drug-likeness (QED) is 0.910. The average molecular weight is 338 g/mol. The van der Waals surface area contributed by atoms with Gasteiger partial charge in [0.1, 0.15) is 5.54 Å². The monoisotopic (exact) mass is 338 g/mol. The van der Waals surface area contributed by atoms with Gasteiger partial charge in [0.25, 0.3) is 0 Å². The largest absolute Gasteiger partial charge is 0.324 e. The Morgan fingerprint density at radius 1 is 1.04 bits per heavy atom. The van der Waals surface area contributed by atoms with E-state index in [4.69, 9.17) is 0 Å². The van der Waals surface area contributed by atoms with Crippen molar-refractivity contribution in [1.82, 2.24) is 14.8 Å². The molecule has 0 bridgehead atoms. The van der Waals surface area contributed by atoms with Crippen LogP contribution in [0.2, 0.25) is 0 Å². The molecule has 5 heteroatoms. The van der Waals surface area contributed by atoms with E-state index in [0.29, 0.717) is 0 Å². The average Bonchev–Trinajstić information content (AvgIpc) is 3.46. The van der Waals surface area contributed by atoms with Crippen LogP contribution < -0.4 is 5.32 Å². The summed E-state index contributed by atoms with van der Waals surface area (Å²) in [6.45, 7) is 4.93. The van der Waals surface area contributed by atoms with Gasteiger partial charge in [-0.25, -0.2) is 0 Å². The molecular formula is C20H26N4O. The fourth-order valence-electron chi connectivity index (χ4n) is 3.66. The Hall–Kier alpha value is -2.24. The normalized spacial score (nSPS) is 20.2. The Labute approximate surface area is 150 Å². The highest BCUT2D eigenvalue weighted by Gasteiger charge is 2.54. The molecule has 4 rings (SSSR count). The van der Waals surface area contributed by atoms with Crippen LogP contribution >= 0.6 is 0 Å². The summed E-state index contributed by atoms with van der Waals surface area (Å²) in [5.74, 6) is 0.134. The summed E-state index contributed by atoms with van der Waals surface area (Å²) >= 11 is 0. The van der Waals surface area contributed by atoms with Crippen molar-refractivity contribution in [2.45, 2.75) is 24.9 Å². The Bertz CT molecular complexity index is 713. The molecule has 2 aliphatic rings. The summed E-state index contributed by atoms with van der Waals surface area (Å²) in [5.41, 5.74) is 1.89. The Morgan fingerprint density at radius 3 is 2.36 bits per heavy atom. The van der Waals surface area contributed by atoms with Gasteiger partial charge in [0, 0.05) is 52.2 Å². The fourth-order valence-corrected chi connectivity index (χ4v) is 3.66. The number of hydrogen-bond acceptors (Lipinski definition) is 4. The van der Waals surface area contributed by atoms with Crippen molar-refractivity contribution < 1.29 is 6.22 Å². The minimum Gasteiger partial charge on any atom is -0.324 e. The van der Waals surface area contributed by atoms with Crippen molar-refractivity contribution in [3.8, 4) is 0 Å². The number of anilines is 1. The minimum absolute atomic E-state index is 0. The van der Waals surface area contributed by atoms with E-state index in [2.05, 4.69) is 50.4 Å². The van der Waals surface area contributed by atoms with Gasteiger partial charge in [0.05, 0.1) is 0 Å². The molecule has 1 saturated heterocycles. The molecule has 1 aliphatic carbocycles. The first-order valence-corrected chi connectivity index (χ1v) is 8.99. The van der Waals surface area contributed by atoms with E-state index >= 15 is 0 Å². The first-order chi connectivity index (χ1) is 12.3. The van der Waals surface area contributed by atoms with Gasteiger partial charge in [-0.2, -0.15) is 0 Å². The van der Waals surface area contributed by atoms with Crippen LogP contribution in [0.4, 0.5) is 5.69 Å². The molecule has 1 aromatic carbocycles. The zero-order valence-electron chi connectivity index (χ0n) is 14.4. The first kappa shape index (κ1) is 16.2. The number of amides is 1. The second kappa shape index (κ2) is 6.94. The second-order valence-corrected chi connectivity index (χ2v) is 6.97. The fraction of sp³-hybridized carbons (Fsp3) is 0.400. The van der Waals surface area contributed by atoms with E-state index in [9.17, 15) is 4.79 Å². The summed E-state index contributed by atoms with van der Waals surface area (Å²) in [6, 6.07) is 14.3. The standard InChI is InChI=1S/C20H24N4O.H2/c25-19(22-18-6-10-21-11-7-18)20(8-9-20)24-14-12-23(13-15-24)16-17-4-2-1-3-5-17;/h1-7,10-11H,8-9,12-16H2,(H,21,22,25);1H. The van der Waals surface area contributed by atoms with Crippen molar-refractivity contribution in [3.63, 3.8) is 0 Å². The van der Waals surface area contributed by atoms with E-state index < -0.39 is 0 Å². The summed E-state index contributed by atoms with van der Waals surface area (Å²) < 4.78 is 0. The molecule has 0 atom stereocenters. The van der Waals surface area contributed by atoms with Gasteiger partial charge < -0.3 is 5.32 Å². The third-order valence-corrected chi connectivity index (χ3v) is 5.31. The van der Waals surface area contributed by atoms with Crippen molar-refractivity contribution in [3.05, 3.63) is 60.4 Å². The molecule has 1 N–H and O–H groups in total. The highest BCUT2D eigenvalue weighted by Crippen LogP contribution is 2.43. The number of pyridine rings is 1. The molecule has 0 radical (unpaired) electrons. The lowest BCUT2D eigenvalue weighted by Crippen LogP contribution is -2.55. The van der Waals surface area contributed by atoms with Gasteiger partial charge >= 0.3 is 0 Å². The summed E-state index contributed by atoms with van der Waals surface area (Å²) in [5, 5.41) is 3.06. The number of carbonyl (C=O) groups is 1. The summed E-state index contributed by atoms with van der Waals surface area (Å²) in [4.78, 5) is 21.6. The van der Waals surface area contributed by atoms with Gasteiger partial charge in [-0.3, -0.25) is 19.6 Å². The molecule has 1 amide bonds. The maximum absolute atomic E-state index is 12.8. The third-order valence-electron chi connectivity index (χ3n) is 5.31. The van der Waals surface area contributed by atoms with Gasteiger partial charge in [0.15, 0.2) is 0 Å². The van der Waals surface area contributed by atoms with Gasteiger partial charge in [-0.15, -0.1) is 0 Å². The zero-order valence-corrected chi connectivity index (χ0v) is 14.4. The number of benzene rings is 1. The molecule has 2 fully saturated rings. The smallest absolute Gasteiger partial charge is 0.244 e. The van der Waals surface area contributed by atoms with E-state index in [1.165, 1.54) is 5.56 Å². The summed E-state index contributed by atoms with van der Waals surface area (Å²) in [6.07, 6.45) is 5.33. The van der Waals surface area contributed by atoms with Crippen LogP contribution in [0.1, 0.15) is 19.8 Å². The molecule has 1 saturated carbocycles. The lowest BCUT2D eigenvalue weighted by atomic mass is 10.1. The first-order valence-electron chi connectivity index (χ1n) is 8.99. The second-order valence-electron chi connectivity index (χ2n) is 6.97. The molecule has 0 spiro atoms. The Balaban J connectivity index is 0.00000196. The lowest BCUT2D eigenvalue weighted by molar-refractivity contribution is -0.123. The van der Waals surface area contributed by atoms with Crippen molar-refractivity contribution >= 4 is 11.6 Å². The van der Waals surface area contributed by atoms with Crippen LogP contribution in [0.3, 0.4) is 0 Å². The van der Waals surface area contributed by atoms with Crippen LogP contribution in [0, 0.1) is 0 Å². The summed E-state index contributed by atoms with van der Waals surface area (Å²) in [7, 11) is 0. The van der Waals surface area contributed by atoms with Crippen LogP contribution in [-0.4, -0.2) is 52.4 Å². The molecule has 1 aromatic heterocycles. The number of piperazine rings is 1. The molecule has 1 aliphatic heterocycles. The minimum atomic E-state index is -0.290. The SMILES string of the molecule is O=C(Nc1ccncc1)C1(N2CCN(Cc3ccccc3)CC2)CC1.[HH]. The molecule has 2 heterocycles. The third kappa shape index (κ3) is 3.57. The van der Waals surface area contributed by atoms with Crippen molar-refractivity contribution in [1.29, 1.82) is 0 Å². The number of nitrogens with one attached hydrogen (secondary N) is 1. The van der Waals surface area contributed by atoms with E-state index in [1.807, 2.05) is 12.1 Å². The molecule has 25 heavy (non-hydrogen) atoms. The predicted octanol–water partition coefficient (Wildman–Crippen LogP) is 2.62. The lowest BCUT2D eigenvalue weighted by Gasteiger charge is -2.39. The van der Waals surface area contributed by atoms with Crippen LogP contribution in [0.15, 0.2) is 54.9 Å². The zero-order chi connectivity index (χ0) is 17.1. The highest BCUT2D eigenvalue weighted by molar-refractivity contribution is 6.00. The molecule has 5 nitrogen and oxygen atoms in total. The van der Waals surface area contributed by atoms with Gasteiger partial charge in [0.2, 0.25) is 5.91 Å². The number of carbonyl (C=O) groups excluding carboxylic acids is 1. The molecule has 0 unspecified atom stereocenters. The number of hydrogen-bond donors (Lipinski definition) is 1. The van der Waals surface area contributed by atoms with Gasteiger partial charge in [-0.05, 0) is 30.5 Å².